The first-order valence-corrected chi connectivity index (χ1v) is 9.79. The summed E-state index contributed by atoms with van der Waals surface area (Å²) < 4.78 is 5.28. The molecule has 1 unspecified atom stereocenters. The largest absolute Gasteiger partial charge is 0.497 e. The van der Waals surface area contributed by atoms with Crippen LogP contribution in [0, 0.1) is 0 Å². The van der Waals surface area contributed by atoms with E-state index in [-0.39, 0.29) is 18.2 Å². The highest BCUT2D eigenvalue weighted by molar-refractivity contribution is 5.88. The number of nitrogens with one attached hydrogen (secondary N) is 1. The Kier molecular flexibility index (Phi) is 8.53. The third-order valence-electron chi connectivity index (χ3n) is 4.68. The molecular weight excluding hydrogens is 352 g/mol. The van der Waals surface area contributed by atoms with Crippen molar-refractivity contribution < 1.29 is 14.3 Å². The molecule has 0 aliphatic rings. The van der Waals surface area contributed by atoms with Gasteiger partial charge in [-0.25, -0.2) is 0 Å². The van der Waals surface area contributed by atoms with Gasteiger partial charge in [0.2, 0.25) is 11.8 Å². The number of carbonyl (C=O) groups excluding carboxylic acids is 2. The maximum Gasteiger partial charge on any atom is 0.242 e. The van der Waals surface area contributed by atoms with Crippen LogP contribution >= 0.6 is 0 Å². The van der Waals surface area contributed by atoms with Crippen molar-refractivity contribution in [3.63, 3.8) is 0 Å². The number of methoxy groups -OCH3 is 1. The molecule has 0 aliphatic carbocycles. The smallest absolute Gasteiger partial charge is 0.242 e. The van der Waals surface area contributed by atoms with E-state index < -0.39 is 6.04 Å². The molecule has 2 aromatic carbocycles. The summed E-state index contributed by atoms with van der Waals surface area (Å²) >= 11 is 0. The van der Waals surface area contributed by atoms with Crippen LogP contribution in [0.3, 0.4) is 0 Å². The van der Waals surface area contributed by atoms with Gasteiger partial charge in [-0.2, -0.15) is 0 Å². The fraction of sp³-hybridized carbons (Fsp3) is 0.391. The fourth-order valence-corrected chi connectivity index (χ4v) is 2.96. The highest BCUT2D eigenvalue weighted by atomic mass is 16.5. The van der Waals surface area contributed by atoms with Gasteiger partial charge in [0.1, 0.15) is 11.8 Å². The lowest BCUT2D eigenvalue weighted by Crippen LogP contribution is -2.48. The molecule has 0 bridgehead atoms. The second-order valence-electron chi connectivity index (χ2n) is 6.86. The molecule has 0 saturated carbocycles. The van der Waals surface area contributed by atoms with Crippen molar-refractivity contribution in [2.75, 3.05) is 13.7 Å². The van der Waals surface area contributed by atoms with E-state index in [2.05, 4.69) is 12.2 Å². The number of benzene rings is 2. The van der Waals surface area contributed by atoms with Gasteiger partial charge in [-0.3, -0.25) is 9.59 Å². The van der Waals surface area contributed by atoms with E-state index in [1.165, 1.54) is 0 Å². The number of nitrogens with zero attached hydrogens (tertiary/aromatic N) is 1. The number of hydrogen-bond acceptors (Lipinski definition) is 3. The lowest BCUT2D eigenvalue weighted by Gasteiger charge is -2.29. The molecule has 0 spiro atoms. The molecular formula is C23H30N2O3. The van der Waals surface area contributed by atoms with Crippen LogP contribution in [0.4, 0.5) is 0 Å². The average Bonchev–Trinajstić information content (AvgIpc) is 2.72. The van der Waals surface area contributed by atoms with Crippen LogP contribution in [0.1, 0.15) is 37.8 Å². The molecule has 0 saturated heterocycles. The topological polar surface area (TPSA) is 58.6 Å². The summed E-state index contributed by atoms with van der Waals surface area (Å²) in [5, 5.41) is 2.93. The predicted octanol–water partition coefficient (Wildman–Crippen LogP) is 3.57. The Morgan fingerprint density at radius 2 is 1.79 bits per heavy atom. The Labute approximate surface area is 167 Å². The van der Waals surface area contributed by atoms with E-state index in [4.69, 9.17) is 4.74 Å². The first kappa shape index (κ1) is 21.5. The normalized spacial score (nSPS) is 11.5. The van der Waals surface area contributed by atoms with Crippen molar-refractivity contribution in [3.8, 4) is 5.75 Å². The summed E-state index contributed by atoms with van der Waals surface area (Å²) in [7, 11) is 1.61. The lowest BCUT2D eigenvalue weighted by atomic mass is 10.1. The first-order chi connectivity index (χ1) is 13.5. The summed E-state index contributed by atoms with van der Waals surface area (Å²) in [5.74, 6) is 0.526. The molecule has 1 atom stereocenters. The highest BCUT2D eigenvalue weighted by Gasteiger charge is 2.26. The molecule has 2 aromatic rings. The predicted molar refractivity (Wildman–Crippen MR) is 111 cm³/mol. The summed E-state index contributed by atoms with van der Waals surface area (Å²) in [6.45, 7) is 4.84. The van der Waals surface area contributed by atoms with Gasteiger partial charge in [0.15, 0.2) is 0 Å². The molecule has 0 aliphatic heterocycles. The van der Waals surface area contributed by atoms with Gasteiger partial charge in [-0.1, -0.05) is 55.8 Å². The van der Waals surface area contributed by atoms with E-state index >= 15 is 0 Å². The standard InChI is InChI=1S/C23H30N2O3/c1-4-5-14-24-23(27)18(2)25(17-20-12-9-13-21(15-20)28-3)22(26)16-19-10-7-6-8-11-19/h6-13,15,18H,4-5,14,16-17H2,1-3H3,(H,24,27). The molecule has 0 fully saturated rings. The summed E-state index contributed by atoms with van der Waals surface area (Å²) in [6, 6.07) is 16.6. The monoisotopic (exact) mass is 382 g/mol. The van der Waals surface area contributed by atoms with Gasteiger partial charge in [0, 0.05) is 13.1 Å². The molecule has 5 heteroatoms. The molecule has 150 valence electrons. The van der Waals surface area contributed by atoms with Gasteiger partial charge in [0.05, 0.1) is 13.5 Å². The van der Waals surface area contributed by atoms with Crippen LogP contribution in [-0.2, 0) is 22.6 Å². The molecule has 28 heavy (non-hydrogen) atoms. The second kappa shape index (κ2) is 11.1. The Morgan fingerprint density at radius 1 is 1.07 bits per heavy atom. The van der Waals surface area contributed by atoms with Gasteiger partial charge in [-0.05, 0) is 36.6 Å². The van der Waals surface area contributed by atoms with Crippen molar-refractivity contribution >= 4 is 11.8 Å². The van der Waals surface area contributed by atoms with Crippen LogP contribution < -0.4 is 10.1 Å². The van der Waals surface area contributed by atoms with E-state index in [1.54, 1.807) is 18.9 Å². The first-order valence-electron chi connectivity index (χ1n) is 9.79. The number of rotatable bonds is 10. The van der Waals surface area contributed by atoms with Crippen molar-refractivity contribution in [2.45, 2.75) is 45.7 Å². The van der Waals surface area contributed by atoms with Crippen LogP contribution in [0.5, 0.6) is 5.75 Å². The van der Waals surface area contributed by atoms with E-state index in [9.17, 15) is 9.59 Å². The van der Waals surface area contributed by atoms with Crippen molar-refractivity contribution in [1.82, 2.24) is 10.2 Å². The maximum atomic E-state index is 13.1. The van der Waals surface area contributed by atoms with E-state index in [0.29, 0.717) is 13.1 Å². The Balaban J connectivity index is 2.18. The molecule has 1 N–H and O–H groups in total. The molecule has 0 aromatic heterocycles. The number of carbonyl (C=O) groups is 2. The van der Waals surface area contributed by atoms with Gasteiger partial charge < -0.3 is 15.0 Å². The van der Waals surface area contributed by atoms with Crippen LogP contribution in [-0.4, -0.2) is 36.4 Å². The number of ether oxygens (including phenoxy) is 1. The van der Waals surface area contributed by atoms with Crippen LogP contribution in [0.15, 0.2) is 54.6 Å². The van der Waals surface area contributed by atoms with Crippen molar-refractivity contribution in [1.29, 1.82) is 0 Å². The van der Waals surface area contributed by atoms with Crippen LogP contribution in [0.25, 0.3) is 0 Å². The third kappa shape index (κ3) is 6.41. The molecule has 5 nitrogen and oxygen atoms in total. The van der Waals surface area contributed by atoms with Gasteiger partial charge in [0.25, 0.3) is 0 Å². The minimum absolute atomic E-state index is 0.0767. The Morgan fingerprint density at radius 3 is 2.46 bits per heavy atom. The zero-order valence-electron chi connectivity index (χ0n) is 17.0. The zero-order valence-corrected chi connectivity index (χ0v) is 17.0. The number of amides is 2. The Hall–Kier alpha value is -2.82. The van der Waals surface area contributed by atoms with Crippen molar-refractivity contribution in [2.24, 2.45) is 0 Å². The quantitative estimate of drug-likeness (QED) is 0.639. The average molecular weight is 383 g/mol. The van der Waals surface area contributed by atoms with Gasteiger partial charge in [-0.15, -0.1) is 0 Å². The zero-order chi connectivity index (χ0) is 20.4. The minimum atomic E-state index is -0.556. The fourth-order valence-electron chi connectivity index (χ4n) is 2.96. The highest BCUT2D eigenvalue weighted by Crippen LogP contribution is 2.17. The minimum Gasteiger partial charge on any atom is -0.497 e. The van der Waals surface area contributed by atoms with Crippen molar-refractivity contribution in [3.05, 3.63) is 65.7 Å². The molecule has 0 radical (unpaired) electrons. The third-order valence-corrected chi connectivity index (χ3v) is 4.68. The van der Waals surface area contributed by atoms with E-state index in [0.717, 1.165) is 29.7 Å². The lowest BCUT2D eigenvalue weighted by molar-refractivity contribution is -0.140. The molecule has 0 heterocycles. The number of hydrogen-bond donors (Lipinski definition) is 1. The molecule has 2 rings (SSSR count). The summed E-state index contributed by atoms with van der Waals surface area (Å²) in [5.41, 5.74) is 1.86. The number of unbranched alkanes of at least 4 members (excludes halogenated alkanes) is 1. The Bertz CT molecular complexity index is 761. The van der Waals surface area contributed by atoms with Crippen LogP contribution in [0.2, 0.25) is 0 Å². The molecule has 2 amide bonds. The van der Waals surface area contributed by atoms with E-state index in [1.807, 2.05) is 54.6 Å². The summed E-state index contributed by atoms with van der Waals surface area (Å²) in [6.07, 6.45) is 2.19. The maximum absolute atomic E-state index is 13.1. The summed E-state index contributed by atoms with van der Waals surface area (Å²) in [4.78, 5) is 27.3. The van der Waals surface area contributed by atoms with Gasteiger partial charge >= 0.3 is 0 Å². The second-order valence-corrected chi connectivity index (χ2v) is 6.86. The SMILES string of the molecule is CCCCNC(=O)C(C)N(Cc1cccc(OC)c1)C(=O)Cc1ccccc1.